The van der Waals surface area contributed by atoms with Crippen molar-refractivity contribution in [2.75, 3.05) is 18.0 Å². The number of benzene rings is 1. The van der Waals surface area contributed by atoms with Crippen LogP contribution < -0.4 is 9.64 Å². The van der Waals surface area contributed by atoms with E-state index in [1.54, 1.807) is 17.7 Å². The molecule has 1 fully saturated rings. The first-order chi connectivity index (χ1) is 10.8. The smallest absolute Gasteiger partial charge is 0.140 e. The minimum Gasteiger partial charge on any atom is -0.488 e. The fraction of sp³-hybridized carbons (Fsp3) is 0.250. The predicted octanol–water partition coefficient (Wildman–Crippen LogP) is 4.00. The van der Waals surface area contributed by atoms with Gasteiger partial charge in [0.25, 0.3) is 0 Å². The van der Waals surface area contributed by atoms with Crippen LogP contribution in [-0.4, -0.2) is 29.2 Å². The predicted molar refractivity (Wildman–Crippen MR) is 90.1 cm³/mol. The van der Waals surface area contributed by atoms with E-state index >= 15 is 0 Å². The third-order valence-corrected chi connectivity index (χ3v) is 4.84. The molecular formula is C16H14ClN3OS. The van der Waals surface area contributed by atoms with Crippen LogP contribution in [-0.2, 0) is 0 Å². The summed E-state index contributed by atoms with van der Waals surface area (Å²) in [7, 11) is 0. The maximum Gasteiger partial charge on any atom is 0.140 e. The first-order valence-corrected chi connectivity index (χ1v) is 8.41. The fourth-order valence-corrected chi connectivity index (χ4v) is 3.69. The lowest BCUT2D eigenvalue weighted by molar-refractivity contribution is 0.225. The summed E-state index contributed by atoms with van der Waals surface area (Å²) in [5, 5.41) is 3.87. The van der Waals surface area contributed by atoms with Gasteiger partial charge in [-0.2, -0.15) is 0 Å². The monoisotopic (exact) mass is 331 g/mol. The zero-order valence-corrected chi connectivity index (χ0v) is 13.3. The number of rotatable bonds is 3. The summed E-state index contributed by atoms with van der Waals surface area (Å²) in [4.78, 5) is 12.1. The number of anilines is 1. The topological polar surface area (TPSA) is 38.2 Å². The molecule has 1 aliphatic rings. The van der Waals surface area contributed by atoms with Crippen LogP contribution in [0.1, 0.15) is 6.42 Å². The fourth-order valence-electron chi connectivity index (χ4n) is 2.78. The van der Waals surface area contributed by atoms with Crippen molar-refractivity contribution in [1.82, 2.24) is 9.97 Å². The van der Waals surface area contributed by atoms with Crippen LogP contribution in [0.25, 0.3) is 10.2 Å². The molecule has 1 atom stereocenters. The molecule has 1 aliphatic heterocycles. The molecular weight excluding hydrogens is 318 g/mol. The molecule has 112 valence electrons. The van der Waals surface area contributed by atoms with E-state index in [0.717, 1.165) is 41.3 Å². The lowest BCUT2D eigenvalue weighted by Crippen LogP contribution is -2.25. The molecule has 3 heterocycles. The van der Waals surface area contributed by atoms with Gasteiger partial charge in [0.05, 0.1) is 11.9 Å². The summed E-state index contributed by atoms with van der Waals surface area (Å²) in [6.07, 6.45) is 2.77. The number of hydrogen-bond acceptors (Lipinski definition) is 5. The van der Waals surface area contributed by atoms with Gasteiger partial charge in [0.15, 0.2) is 0 Å². The van der Waals surface area contributed by atoms with Crippen LogP contribution in [0.15, 0.2) is 42.0 Å². The lowest BCUT2D eigenvalue weighted by Gasteiger charge is -2.18. The Kier molecular flexibility index (Phi) is 3.60. The van der Waals surface area contributed by atoms with Gasteiger partial charge in [0, 0.05) is 18.0 Å². The van der Waals surface area contributed by atoms with Gasteiger partial charge in [-0.1, -0.05) is 17.7 Å². The molecule has 1 aromatic carbocycles. The van der Waals surface area contributed by atoms with Gasteiger partial charge < -0.3 is 9.64 Å². The minimum atomic E-state index is 0.155. The molecule has 4 nitrogen and oxygen atoms in total. The molecule has 0 radical (unpaired) electrons. The molecule has 0 spiro atoms. The van der Waals surface area contributed by atoms with Crippen molar-refractivity contribution < 1.29 is 4.74 Å². The van der Waals surface area contributed by atoms with E-state index in [-0.39, 0.29) is 6.10 Å². The highest BCUT2D eigenvalue weighted by molar-refractivity contribution is 7.16. The van der Waals surface area contributed by atoms with E-state index in [1.165, 1.54) is 0 Å². The number of thiophene rings is 1. The van der Waals surface area contributed by atoms with Crippen molar-refractivity contribution in [2.24, 2.45) is 0 Å². The highest BCUT2D eigenvalue weighted by Gasteiger charge is 2.26. The Morgan fingerprint density at radius 2 is 2.23 bits per heavy atom. The highest BCUT2D eigenvalue weighted by Crippen LogP contribution is 2.30. The van der Waals surface area contributed by atoms with E-state index in [4.69, 9.17) is 16.3 Å². The van der Waals surface area contributed by atoms with E-state index in [9.17, 15) is 0 Å². The highest BCUT2D eigenvalue weighted by atomic mass is 35.5. The molecule has 2 aromatic heterocycles. The molecule has 4 rings (SSSR count). The van der Waals surface area contributed by atoms with E-state index < -0.39 is 0 Å². The standard InChI is InChI=1S/C16H14ClN3OS/c17-11-2-1-3-12(8-11)21-13-4-6-20(9-13)15-14-5-7-22-16(14)19-10-18-15/h1-3,5,7-8,10,13H,4,6,9H2. The van der Waals surface area contributed by atoms with Crippen molar-refractivity contribution in [1.29, 1.82) is 0 Å². The van der Waals surface area contributed by atoms with Gasteiger partial charge in [-0.05, 0) is 29.6 Å². The molecule has 6 heteroatoms. The van der Waals surface area contributed by atoms with E-state index in [2.05, 4.69) is 26.3 Å². The number of halogens is 1. The zero-order valence-electron chi connectivity index (χ0n) is 11.8. The summed E-state index contributed by atoms with van der Waals surface area (Å²) in [5.74, 6) is 1.83. The van der Waals surface area contributed by atoms with Crippen LogP contribution in [0.5, 0.6) is 5.75 Å². The first kappa shape index (κ1) is 13.8. The number of ether oxygens (including phenoxy) is 1. The minimum absolute atomic E-state index is 0.155. The van der Waals surface area contributed by atoms with Gasteiger partial charge in [0.1, 0.15) is 28.8 Å². The third-order valence-electron chi connectivity index (χ3n) is 3.78. The second kappa shape index (κ2) is 5.74. The first-order valence-electron chi connectivity index (χ1n) is 7.15. The zero-order chi connectivity index (χ0) is 14.9. The summed E-state index contributed by atoms with van der Waals surface area (Å²) < 4.78 is 6.03. The van der Waals surface area contributed by atoms with E-state index in [1.807, 2.05) is 24.3 Å². The molecule has 0 saturated carbocycles. The Balaban J connectivity index is 1.51. The number of fused-ring (bicyclic) bond motifs is 1. The number of aromatic nitrogens is 2. The molecule has 0 amide bonds. The second-order valence-electron chi connectivity index (χ2n) is 5.27. The van der Waals surface area contributed by atoms with Crippen molar-refractivity contribution in [2.45, 2.75) is 12.5 Å². The van der Waals surface area contributed by atoms with Crippen LogP contribution in [0, 0.1) is 0 Å². The largest absolute Gasteiger partial charge is 0.488 e. The quantitative estimate of drug-likeness (QED) is 0.727. The SMILES string of the molecule is Clc1cccc(OC2CCN(c3ncnc4sccc34)C2)c1. The second-order valence-corrected chi connectivity index (χ2v) is 6.60. The van der Waals surface area contributed by atoms with Crippen LogP contribution >= 0.6 is 22.9 Å². The lowest BCUT2D eigenvalue weighted by atomic mass is 10.3. The van der Waals surface area contributed by atoms with Crippen molar-refractivity contribution in [3.8, 4) is 5.75 Å². The average molecular weight is 332 g/mol. The van der Waals surface area contributed by atoms with Crippen molar-refractivity contribution in [3.05, 3.63) is 47.1 Å². The van der Waals surface area contributed by atoms with Gasteiger partial charge >= 0.3 is 0 Å². The molecule has 22 heavy (non-hydrogen) atoms. The Labute approximate surface area is 137 Å². The van der Waals surface area contributed by atoms with Gasteiger partial charge in [-0.3, -0.25) is 0 Å². The third kappa shape index (κ3) is 2.62. The molecule has 1 unspecified atom stereocenters. The molecule has 1 saturated heterocycles. The number of nitrogens with zero attached hydrogens (tertiary/aromatic N) is 3. The Hall–Kier alpha value is -1.85. The summed E-state index contributed by atoms with van der Waals surface area (Å²) in [5.41, 5.74) is 0. The maximum absolute atomic E-state index is 6.03. The Bertz CT molecular complexity index is 807. The summed E-state index contributed by atoms with van der Waals surface area (Å²) in [6.45, 7) is 1.77. The van der Waals surface area contributed by atoms with E-state index in [0.29, 0.717) is 5.02 Å². The number of hydrogen-bond donors (Lipinski definition) is 0. The van der Waals surface area contributed by atoms with Crippen molar-refractivity contribution in [3.63, 3.8) is 0 Å². The van der Waals surface area contributed by atoms with Crippen LogP contribution in [0.4, 0.5) is 5.82 Å². The van der Waals surface area contributed by atoms with Gasteiger partial charge in [0.2, 0.25) is 0 Å². The van der Waals surface area contributed by atoms with Gasteiger partial charge in [-0.25, -0.2) is 9.97 Å². The van der Waals surface area contributed by atoms with Gasteiger partial charge in [-0.15, -0.1) is 11.3 Å². The maximum atomic E-state index is 6.03. The Morgan fingerprint density at radius 3 is 3.14 bits per heavy atom. The van der Waals surface area contributed by atoms with Crippen molar-refractivity contribution >= 4 is 39.0 Å². The molecule has 0 bridgehead atoms. The molecule has 0 aliphatic carbocycles. The summed E-state index contributed by atoms with van der Waals surface area (Å²) >= 11 is 7.64. The Morgan fingerprint density at radius 1 is 1.27 bits per heavy atom. The van der Waals surface area contributed by atoms with Crippen LogP contribution in [0.3, 0.4) is 0 Å². The summed E-state index contributed by atoms with van der Waals surface area (Å²) in [6, 6.07) is 9.63. The average Bonchev–Trinajstić information content (AvgIpc) is 3.15. The normalized spacial score (nSPS) is 18.0. The molecule has 3 aromatic rings. The molecule has 0 N–H and O–H groups in total. The van der Waals surface area contributed by atoms with Crippen LogP contribution in [0.2, 0.25) is 5.02 Å².